The minimum atomic E-state index is -0.230. The van der Waals surface area contributed by atoms with Crippen molar-refractivity contribution in [2.24, 2.45) is 12.8 Å². The quantitative estimate of drug-likeness (QED) is 0.885. The summed E-state index contributed by atoms with van der Waals surface area (Å²) in [5, 5.41) is 0. The van der Waals surface area contributed by atoms with E-state index in [1.807, 2.05) is 11.6 Å². The summed E-state index contributed by atoms with van der Waals surface area (Å²) in [7, 11) is 1.92. The van der Waals surface area contributed by atoms with E-state index in [1.54, 1.807) is 6.07 Å². The molecule has 0 aliphatic rings. The van der Waals surface area contributed by atoms with Crippen LogP contribution >= 0.6 is 0 Å². The topological polar surface area (TPSA) is 43.8 Å². The number of aryl methyl sites for hydroxylation is 1. The largest absolute Gasteiger partial charge is 0.331 e. The van der Waals surface area contributed by atoms with E-state index in [1.165, 1.54) is 12.1 Å². The molecule has 0 saturated heterocycles. The third-order valence-electron chi connectivity index (χ3n) is 3.16. The predicted molar refractivity (Wildman–Crippen MR) is 67.4 cm³/mol. The number of aromatic nitrogens is 2. The number of benzene rings is 1. The monoisotopic (exact) mass is 235 g/mol. The fourth-order valence-electron chi connectivity index (χ4n) is 2.25. The van der Waals surface area contributed by atoms with Crippen molar-refractivity contribution in [1.82, 2.24) is 9.55 Å². The van der Waals surface area contributed by atoms with Crippen LogP contribution in [0, 0.1) is 5.82 Å². The molecule has 0 bridgehead atoms. The Kier molecular flexibility index (Phi) is 3.43. The number of imidazole rings is 1. The van der Waals surface area contributed by atoms with Gasteiger partial charge in [0, 0.05) is 19.5 Å². The van der Waals surface area contributed by atoms with Crippen LogP contribution in [-0.4, -0.2) is 16.1 Å². The molecule has 92 valence electrons. The van der Waals surface area contributed by atoms with Crippen LogP contribution in [0.25, 0.3) is 11.0 Å². The molecule has 2 N–H and O–H groups in total. The first-order valence-corrected chi connectivity index (χ1v) is 5.99. The maximum atomic E-state index is 13.2. The molecule has 17 heavy (non-hydrogen) atoms. The van der Waals surface area contributed by atoms with Gasteiger partial charge in [0.1, 0.15) is 11.6 Å². The van der Waals surface area contributed by atoms with Crippen LogP contribution in [0.1, 0.15) is 31.5 Å². The van der Waals surface area contributed by atoms with Crippen LogP contribution in [0.4, 0.5) is 4.39 Å². The molecule has 3 nitrogen and oxygen atoms in total. The van der Waals surface area contributed by atoms with Gasteiger partial charge in [-0.3, -0.25) is 0 Å². The first kappa shape index (κ1) is 12.0. The zero-order valence-corrected chi connectivity index (χ0v) is 10.3. The fourth-order valence-corrected chi connectivity index (χ4v) is 2.25. The van der Waals surface area contributed by atoms with Crippen molar-refractivity contribution in [3.8, 4) is 0 Å². The van der Waals surface area contributed by atoms with Gasteiger partial charge in [-0.1, -0.05) is 13.3 Å². The zero-order chi connectivity index (χ0) is 12.4. The van der Waals surface area contributed by atoms with Crippen LogP contribution in [0.3, 0.4) is 0 Å². The number of hydrogen-bond acceptors (Lipinski definition) is 2. The highest BCUT2D eigenvalue weighted by Crippen LogP contribution is 2.24. The summed E-state index contributed by atoms with van der Waals surface area (Å²) in [5.74, 6) is 0.974. The van der Waals surface area contributed by atoms with Crippen molar-refractivity contribution in [2.45, 2.75) is 25.7 Å². The Morgan fingerprint density at radius 1 is 1.47 bits per heavy atom. The second-order valence-corrected chi connectivity index (χ2v) is 4.38. The van der Waals surface area contributed by atoms with Gasteiger partial charge >= 0.3 is 0 Å². The molecule has 1 aromatic heterocycles. The third-order valence-corrected chi connectivity index (χ3v) is 3.16. The molecule has 0 amide bonds. The van der Waals surface area contributed by atoms with E-state index in [2.05, 4.69) is 11.9 Å². The number of rotatable bonds is 4. The Morgan fingerprint density at radius 3 is 2.88 bits per heavy atom. The minimum Gasteiger partial charge on any atom is -0.331 e. The Labute approximate surface area is 100 Å². The highest BCUT2D eigenvalue weighted by atomic mass is 19.1. The predicted octanol–water partition coefficient (Wildman–Crippen LogP) is 2.55. The van der Waals surface area contributed by atoms with Crippen molar-refractivity contribution >= 4 is 11.0 Å². The molecule has 1 aromatic carbocycles. The fraction of sp³-hybridized carbons (Fsp3) is 0.462. The lowest BCUT2D eigenvalue weighted by atomic mass is 10.0. The highest BCUT2D eigenvalue weighted by molar-refractivity contribution is 5.76. The highest BCUT2D eigenvalue weighted by Gasteiger charge is 2.16. The van der Waals surface area contributed by atoms with Crippen molar-refractivity contribution < 1.29 is 4.39 Å². The second kappa shape index (κ2) is 4.84. The van der Waals surface area contributed by atoms with Gasteiger partial charge in [-0.25, -0.2) is 9.37 Å². The van der Waals surface area contributed by atoms with E-state index in [0.29, 0.717) is 6.54 Å². The molecule has 1 heterocycles. The van der Waals surface area contributed by atoms with Gasteiger partial charge in [0.15, 0.2) is 0 Å². The average Bonchev–Trinajstić information content (AvgIpc) is 2.64. The molecular weight excluding hydrogens is 217 g/mol. The van der Waals surface area contributed by atoms with Crippen LogP contribution in [0.5, 0.6) is 0 Å². The van der Waals surface area contributed by atoms with Gasteiger partial charge < -0.3 is 10.3 Å². The molecule has 4 heteroatoms. The van der Waals surface area contributed by atoms with Crippen LogP contribution in [0.2, 0.25) is 0 Å². The summed E-state index contributed by atoms with van der Waals surface area (Å²) in [6, 6.07) is 4.68. The Hall–Kier alpha value is -1.42. The zero-order valence-electron chi connectivity index (χ0n) is 10.3. The summed E-state index contributed by atoms with van der Waals surface area (Å²) >= 11 is 0. The third kappa shape index (κ3) is 2.17. The number of nitrogens with two attached hydrogens (primary N) is 1. The van der Waals surface area contributed by atoms with Crippen molar-refractivity contribution in [2.75, 3.05) is 6.54 Å². The average molecular weight is 235 g/mol. The van der Waals surface area contributed by atoms with E-state index in [4.69, 9.17) is 5.73 Å². The summed E-state index contributed by atoms with van der Waals surface area (Å²) in [6.07, 6.45) is 2.08. The molecule has 0 radical (unpaired) electrons. The van der Waals surface area contributed by atoms with Crippen LogP contribution in [0.15, 0.2) is 18.2 Å². The SMILES string of the molecule is CCCC(CN)c1nc2ccc(F)cc2n1C. The lowest BCUT2D eigenvalue weighted by Crippen LogP contribution is -2.16. The molecule has 0 aliphatic carbocycles. The van der Waals surface area contributed by atoms with E-state index in [0.717, 1.165) is 29.7 Å². The summed E-state index contributed by atoms with van der Waals surface area (Å²) in [4.78, 5) is 4.56. The van der Waals surface area contributed by atoms with E-state index in [-0.39, 0.29) is 11.7 Å². The molecular formula is C13H18FN3. The molecule has 1 atom stereocenters. The van der Waals surface area contributed by atoms with Gasteiger partial charge in [0.2, 0.25) is 0 Å². The van der Waals surface area contributed by atoms with Gasteiger partial charge in [0.05, 0.1) is 11.0 Å². The van der Waals surface area contributed by atoms with Gasteiger partial charge in [-0.2, -0.15) is 0 Å². The van der Waals surface area contributed by atoms with E-state index < -0.39 is 0 Å². The molecule has 1 unspecified atom stereocenters. The lowest BCUT2D eigenvalue weighted by molar-refractivity contribution is 0.572. The Balaban J connectivity index is 2.51. The lowest BCUT2D eigenvalue weighted by Gasteiger charge is -2.13. The molecule has 0 saturated carbocycles. The van der Waals surface area contributed by atoms with Crippen LogP contribution in [-0.2, 0) is 7.05 Å². The Morgan fingerprint density at radius 2 is 2.24 bits per heavy atom. The molecule has 0 aliphatic heterocycles. The molecule has 2 rings (SSSR count). The Bertz CT molecular complexity index is 519. The number of nitrogens with zero attached hydrogens (tertiary/aromatic N) is 2. The number of fused-ring (bicyclic) bond motifs is 1. The van der Waals surface area contributed by atoms with Crippen LogP contribution < -0.4 is 5.73 Å². The van der Waals surface area contributed by atoms with Crippen molar-refractivity contribution in [3.63, 3.8) is 0 Å². The summed E-state index contributed by atoms with van der Waals surface area (Å²) in [5.41, 5.74) is 7.44. The normalized spacial score (nSPS) is 13.2. The van der Waals surface area contributed by atoms with E-state index >= 15 is 0 Å². The van der Waals surface area contributed by atoms with Crippen molar-refractivity contribution in [1.29, 1.82) is 0 Å². The van der Waals surface area contributed by atoms with E-state index in [9.17, 15) is 4.39 Å². The maximum absolute atomic E-state index is 13.2. The summed E-state index contributed by atoms with van der Waals surface area (Å²) in [6.45, 7) is 2.71. The smallest absolute Gasteiger partial charge is 0.125 e. The van der Waals surface area contributed by atoms with Gasteiger partial charge in [-0.05, 0) is 24.6 Å². The second-order valence-electron chi connectivity index (χ2n) is 4.38. The molecule has 0 spiro atoms. The molecule has 2 aromatic rings. The van der Waals surface area contributed by atoms with Crippen molar-refractivity contribution in [3.05, 3.63) is 29.8 Å². The van der Waals surface area contributed by atoms with Gasteiger partial charge in [-0.15, -0.1) is 0 Å². The number of hydrogen-bond donors (Lipinski definition) is 1. The first-order valence-electron chi connectivity index (χ1n) is 5.99. The molecule has 0 fully saturated rings. The minimum absolute atomic E-state index is 0.230. The summed E-state index contributed by atoms with van der Waals surface area (Å²) < 4.78 is 15.1. The number of halogens is 1. The van der Waals surface area contributed by atoms with Gasteiger partial charge in [0.25, 0.3) is 0 Å². The standard InChI is InChI=1S/C13H18FN3/c1-3-4-9(8-15)13-16-11-6-5-10(14)7-12(11)17(13)2/h5-7,9H,3-4,8,15H2,1-2H3. The first-order chi connectivity index (χ1) is 8.17. The maximum Gasteiger partial charge on any atom is 0.125 e.